The van der Waals surface area contributed by atoms with Gasteiger partial charge in [0.1, 0.15) is 11.6 Å². The number of H-pyrrole nitrogens is 1. The first-order valence-electron chi connectivity index (χ1n) is 8.08. The zero-order valence-corrected chi connectivity index (χ0v) is 13.1. The van der Waals surface area contributed by atoms with Gasteiger partial charge in [-0.2, -0.15) is 0 Å². The van der Waals surface area contributed by atoms with Gasteiger partial charge in [0, 0.05) is 5.39 Å². The molecule has 3 nitrogen and oxygen atoms in total. The Hall–Kier alpha value is -1.84. The lowest BCUT2D eigenvalue weighted by Crippen LogP contribution is -2.22. The van der Waals surface area contributed by atoms with Gasteiger partial charge in [-0.3, -0.25) is 4.79 Å². The summed E-state index contributed by atoms with van der Waals surface area (Å²) in [7, 11) is 0. The highest BCUT2D eigenvalue weighted by Crippen LogP contribution is 2.34. The minimum absolute atomic E-state index is 0.0767. The van der Waals surface area contributed by atoms with Crippen molar-refractivity contribution in [2.24, 2.45) is 5.92 Å². The molecular weight excluding hydrogens is 281 g/mol. The van der Waals surface area contributed by atoms with Crippen molar-refractivity contribution in [3.8, 4) is 5.75 Å². The molecule has 0 saturated heterocycles. The number of benzene rings is 1. The minimum atomic E-state index is -0.317. The van der Waals surface area contributed by atoms with E-state index in [1.807, 2.05) is 13.8 Å². The van der Waals surface area contributed by atoms with Gasteiger partial charge >= 0.3 is 0 Å². The van der Waals surface area contributed by atoms with Crippen LogP contribution in [0.25, 0.3) is 10.9 Å². The Morgan fingerprint density at radius 3 is 2.82 bits per heavy atom. The van der Waals surface area contributed by atoms with E-state index in [4.69, 9.17) is 4.74 Å². The summed E-state index contributed by atoms with van der Waals surface area (Å²) in [5.74, 6) is 0.892. The highest BCUT2D eigenvalue weighted by molar-refractivity contribution is 5.86. The van der Waals surface area contributed by atoms with Crippen LogP contribution in [0.4, 0.5) is 4.39 Å². The van der Waals surface area contributed by atoms with Crippen molar-refractivity contribution in [2.75, 3.05) is 6.61 Å². The summed E-state index contributed by atoms with van der Waals surface area (Å²) in [4.78, 5) is 15.3. The largest absolute Gasteiger partial charge is 0.492 e. The smallest absolute Gasteiger partial charge is 0.255 e. The topological polar surface area (TPSA) is 42.1 Å². The molecule has 0 aliphatic heterocycles. The highest BCUT2D eigenvalue weighted by atomic mass is 19.1. The lowest BCUT2D eigenvalue weighted by molar-refractivity contribution is 0.180. The molecule has 0 radical (unpaired) electrons. The van der Waals surface area contributed by atoms with Crippen LogP contribution in [0, 0.1) is 11.7 Å². The Kier molecular flexibility index (Phi) is 4.19. The summed E-state index contributed by atoms with van der Waals surface area (Å²) in [6.45, 7) is 4.65. The first-order chi connectivity index (χ1) is 10.6. The van der Waals surface area contributed by atoms with Crippen LogP contribution in [0.2, 0.25) is 0 Å². The van der Waals surface area contributed by atoms with Crippen molar-refractivity contribution in [1.29, 1.82) is 0 Å². The first kappa shape index (κ1) is 15.1. The summed E-state index contributed by atoms with van der Waals surface area (Å²) < 4.78 is 19.7. The Morgan fingerprint density at radius 2 is 2.18 bits per heavy atom. The van der Waals surface area contributed by atoms with Gasteiger partial charge in [-0.05, 0) is 49.3 Å². The SMILES string of the molecule is CCC(C)c1c(OCC2CCC2)c2cc(F)ccc2[nH]c1=O. The van der Waals surface area contributed by atoms with Crippen LogP contribution in [0.3, 0.4) is 0 Å². The number of nitrogens with one attached hydrogen (secondary N) is 1. The van der Waals surface area contributed by atoms with Crippen molar-refractivity contribution in [2.45, 2.75) is 45.4 Å². The number of ether oxygens (including phenoxy) is 1. The third-order valence-electron chi connectivity index (χ3n) is 4.76. The van der Waals surface area contributed by atoms with Gasteiger partial charge in [0.2, 0.25) is 0 Å². The second-order valence-electron chi connectivity index (χ2n) is 6.30. The van der Waals surface area contributed by atoms with Crippen LogP contribution in [0.5, 0.6) is 5.75 Å². The standard InChI is InChI=1S/C18H22FNO2/c1-3-11(2)16-17(22-10-12-5-4-6-12)14-9-13(19)7-8-15(14)20-18(16)21/h7-9,11-12H,3-6,10H2,1-2H3,(H,20,21). The number of aromatic amines is 1. The Bertz CT molecular complexity index is 734. The van der Waals surface area contributed by atoms with Crippen LogP contribution in [0.15, 0.2) is 23.0 Å². The number of aromatic nitrogens is 1. The normalized spacial score (nSPS) is 16.5. The van der Waals surface area contributed by atoms with E-state index in [0.717, 1.165) is 6.42 Å². The van der Waals surface area contributed by atoms with Gasteiger partial charge in [0.25, 0.3) is 5.56 Å². The molecule has 118 valence electrons. The van der Waals surface area contributed by atoms with E-state index in [1.54, 1.807) is 6.07 Å². The lowest BCUT2D eigenvalue weighted by atomic mass is 9.86. The molecule has 22 heavy (non-hydrogen) atoms. The van der Waals surface area contributed by atoms with Crippen LogP contribution in [-0.2, 0) is 0 Å². The molecule has 3 rings (SSSR count). The van der Waals surface area contributed by atoms with E-state index in [9.17, 15) is 9.18 Å². The third kappa shape index (κ3) is 2.74. The van der Waals surface area contributed by atoms with Crippen molar-refractivity contribution < 1.29 is 9.13 Å². The maximum atomic E-state index is 13.7. The molecule has 1 aromatic carbocycles. The zero-order valence-electron chi connectivity index (χ0n) is 13.1. The number of hydrogen-bond acceptors (Lipinski definition) is 2. The minimum Gasteiger partial charge on any atom is -0.492 e. The number of fused-ring (bicyclic) bond motifs is 1. The number of rotatable bonds is 5. The fourth-order valence-electron chi connectivity index (χ4n) is 2.92. The van der Waals surface area contributed by atoms with E-state index in [0.29, 0.717) is 34.7 Å². The maximum absolute atomic E-state index is 13.7. The Morgan fingerprint density at radius 1 is 1.41 bits per heavy atom. The summed E-state index contributed by atoms with van der Waals surface area (Å²) in [6.07, 6.45) is 4.43. The van der Waals surface area contributed by atoms with Gasteiger partial charge in [-0.1, -0.05) is 20.3 Å². The van der Waals surface area contributed by atoms with Gasteiger partial charge in [0.05, 0.1) is 17.7 Å². The van der Waals surface area contributed by atoms with Crippen molar-refractivity contribution in [1.82, 2.24) is 4.98 Å². The molecule has 2 aromatic rings. The average Bonchev–Trinajstić information content (AvgIpc) is 2.45. The fourth-order valence-corrected chi connectivity index (χ4v) is 2.92. The molecule has 0 amide bonds. The number of pyridine rings is 1. The van der Waals surface area contributed by atoms with E-state index in [2.05, 4.69) is 4.98 Å². The Labute approximate surface area is 129 Å². The monoisotopic (exact) mass is 303 g/mol. The molecular formula is C18H22FNO2. The van der Waals surface area contributed by atoms with Crippen molar-refractivity contribution >= 4 is 10.9 Å². The molecule has 1 saturated carbocycles. The van der Waals surface area contributed by atoms with E-state index in [1.165, 1.54) is 31.4 Å². The molecule has 1 aromatic heterocycles. The molecule has 1 atom stereocenters. The summed E-state index contributed by atoms with van der Waals surface area (Å²) in [5.41, 5.74) is 1.14. The van der Waals surface area contributed by atoms with Crippen LogP contribution < -0.4 is 10.3 Å². The molecule has 1 heterocycles. The molecule has 0 spiro atoms. The number of halogens is 1. The van der Waals surface area contributed by atoms with Crippen LogP contribution in [0.1, 0.15) is 51.0 Å². The second kappa shape index (κ2) is 6.11. The van der Waals surface area contributed by atoms with Crippen molar-refractivity contribution in [3.63, 3.8) is 0 Å². The first-order valence-corrected chi connectivity index (χ1v) is 8.08. The lowest BCUT2D eigenvalue weighted by Gasteiger charge is -2.26. The van der Waals surface area contributed by atoms with Crippen molar-refractivity contribution in [3.05, 3.63) is 39.9 Å². The molecule has 1 fully saturated rings. The molecule has 1 N–H and O–H groups in total. The second-order valence-corrected chi connectivity index (χ2v) is 6.30. The summed E-state index contributed by atoms with van der Waals surface area (Å²) >= 11 is 0. The van der Waals surface area contributed by atoms with Crippen LogP contribution >= 0.6 is 0 Å². The third-order valence-corrected chi connectivity index (χ3v) is 4.76. The van der Waals surface area contributed by atoms with Crippen LogP contribution in [-0.4, -0.2) is 11.6 Å². The molecule has 1 unspecified atom stereocenters. The maximum Gasteiger partial charge on any atom is 0.255 e. The molecule has 1 aliphatic carbocycles. The predicted molar refractivity (Wildman–Crippen MR) is 86.1 cm³/mol. The summed E-state index contributed by atoms with van der Waals surface area (Å²) in [5, 5.41) is 0.661. The van der Waals surface area contributed by atoms with Gasteiger partial charge < -0.3 is 9.72 Å². The van der Waals surface area contributed by atoms with Gasteiger partial charge in [-0.15, -0.1) is 0 Å². The van der Waals surface area contributed by atoms with E-state index < -0.39 is 0 Å². The number of hydrogen-bond donors (Lipinski definition) is 1. The van der Waals surface area contributed by atoms with Gasteiger partial charge in [0.15, 0.2) is 0 Å². The van der Waals surface area contributed by atoms with Gasteiger partial charge in [-0.25, -0.2) is 4.39 Å². The highest BCUT2D eigenvalue weighted by Gasteiger charge is 2.22. The fraction of sp³-hybridized carbons (Fsp3) is 0.500. The quantitative estimate of drug-likeness (QED) is 0.891. The van der Waals surface area contributed by atoms with E-state index >= 15 is 0 Å². The Balaban J connectivity index is 2.12. The summed E-state index contributed by atoms with van der Waals surface area (Å²) in [6, 6.07) is 4.41. The molecule has 4 heteroatoms. The molecule has 1 aliphatic rings. The average molecular weight is 303 g/mol. The zero-order chi connectivity index (χ0) is 15.7. The predicted octanol–water partition coefficient (Wildman–Crippen LogP) is 4.36. The van der Waals surface area contributed by atoms with E-state index in [-0.39, 0.29) is 17.3 Å². The molecule has 0 bridgehead atoms.